The van der Waals surface area contributed by atoms with Crippen LogP contribution in [0.2, 0.25) is 0 Å². The summed E-state index contributed by atoms with van der Waals surface area (Å²) in [5.74, 6) is -0.226. The standard InChI is InChI=1S/C15H18FN5O2S/c1-9-5-13(18-8-17-9)23-11-3-4-21(6-11)7-12-14(16)20-15(24-12)19-10(2)22/h5,8,11H,3-4,6-7H2,1-2H3,(H,19,20,22)/t11-/m1/s1. The Balaban J connectivity index is 1.56. The average molecular weight is 351 g/mol. The Morgan fingerprint density at radius 2 is 2.38 bits per heavy atom. The van der Waals surface area contributed by atoms with Crippen LogP contribution in [0.25, 0.3) is 0 Å². The summed E-state index contributed by atoms with van der Waals surface area (Å²) in [7, 11) is 0. The number of aromatic nitrogens is 3. The molecule has 0 radical (unpaired) electrons. The van der Waals surface area contributed by atoms with Crippen LogP contribution >= 0.6 is 11.3 Å². The second kappa shape index (κ2) is 7.18. The molecule has 0 aliphatic carbocycles. The van der Waals surface area contributed by atoms with Gasteiger partial charge in [-0.15, -0.1) is 0 Å². The maximum absolute atomic E-state index is 13.9. The van der Waals surface area contributed by atoms with E-state index in [4.69, 9.17) is 4.74 Å². The summed E-state index contributed by atoms with van der Waals surface area (Å²) in [6.07, 6.45) is 2.35. The maximum Gasteiger partial charge on any atom is 0.230 e. The predicted octanol–water partition coefficient (Wildman–Crippen LogP) is 1.99. The Hall–Kier alpha value is -2.13. The minimum Gasteiger partial charge on any atom is -0.473 e. The summed E-state index contributed by atoms with van der Waals surface area (Å²) >= 11 is 1.16. The number of hydrogen-bond donors (Lipinski definition) is 1. The minimum atomic E-state index is -0.528. The van der Waals surface area contributed by atoms with Gasteiger partial charge in [0.15, 0.2) is 5.13 Å². The number of carbonyl (C=O) groups is 1. The van der Waals surface area contributed by atoms with E-state index in [0.29, 0.717) is 29.0 Å². The van der Waals surface area contributed by atoms with E-state index < -0.39 is 5.95 Å². The van der Waals surface area contributed by atoms with Crippen molar-refractivity contribution in [2.24, 2.45) is 0 Å². The number of aryl methyl sites for hydroxylation is 1. The fraction of sp³-hybridized carbons (Fsp3) is 0.467. The molecule has 128 valence electrons. The van der Waals surface area contributed by atoms with Crippen molar-refractivity contribution in [2.45, 2.75) is 32.9 Å². The van der Waals surface area contributed by atoms with Crippen molar-refractivity contribution < 1.29 is 13.9 Å². The number of rotatable bonds is 5. The molecule has 0 saturated carbocycles. The molecule has 1 aliphatic rings. The third-order valence-electron chi connectivity index (χ3n) is 3.60. The van der Waals surface area contributed by atoms with Gasteiger partial charge in [-0.3, -0.25) is 9.69 Å². The molecule has 0 aromatic carbocycles. The Morgan fingerprint density at radius 1 is 1.54 bits per heavy atom. The molecule has 1 atom stereocenters. The Morgan fingerprint density at radius 3 is 3.12 bits per heavy atom. The van der Waals surface area contributed by atoms with Crippen molar-refractivity contribution in [3.8, 4) is 5.88 Å². The number of nitrogens with zero attached hydrogens (tertiary/aromatic N) is 4. The number of anilines is 1. The lowest BCUT2D eigenvalue weighted by molar-refractivity contribution is -0.114. The molecule has 2 aromatic heterocycles. The molecular formula is C15H18FN5O2S. The van der Waals surface area contributed by atoms with E-state index in [1.54, 1.807) is 6.07 Å². The van der Waals surface area contributed by atoms with Gasteiger partial charge in [-0.25, -0.2) is 9.97 Å². The zero-order valence-electron chi connectivity index (χ0n) is 13.5. The first-order valence-corrected chi connectivity index (χ1v) is 8.41. The second-order valence-electron chi connectivity index (χ2n) is 5.68. The summed E-state index contributed by atoms with van der Waals surface area (Å²) in [4.78, 5) is 25.5. The van der Waals surface area contributed by atoms with Gasteiger partial charge in [0.2, 0.25) is 17.7 Å². The quantitative estimate of drug-likeness (QED) is 0.887. The molecule has 1 aliphatic heterocycles. The molecule has 1 amide bonds. The van der Waals surface area contributed by atoms with Crippen molar-refractivity contribution in [1.82, 2.24) is 19.9 Å². The van der Waals surface area contributed by atoms with Gasteiger partial charge in [0.25, 0.3) is 0 Å². The third-order valence-corrected chi connectivity index (χ3v) is 4.53. The van der Waals surface area contributed by atoms with Crippen LogP contribution in [-0.4, -0.2) is 45.0 Å². The summed E-state index contributed by atoms with van der Waals surface area (Å²) in [6.45, 7) is 5.20. The summed E-state index contributed by atoms with van der Waals surface area (Å²) < 4.78 is 19.7. The van der Waals surface area contributed by atoms with Crippen molar-refractivity contribution >= 4 is 22.4 Å². The first-order valence-electron chi connectivity index (χ1n) is 7.60. The zero-order chi connectivity index (χ0) is 17.1. The number of likely N-dealkylation sites (tertiary alicyclic amines) is 1. The number of thiazole rings is 1. The Labute approximate surface area is 142 Å². The Kier molecular flexibility index (Phi) is 5.00. The first-order chi connectivity index (χ1) is 11.5. The van der Waals surface area contributed by atoms with Gasteiger partial charge in [0.05, 0.1) is 4.88 Å². The van der Waals surface area contributed by atoms with Crippen molar-refractivity contribution in [1.29, 1.82) is 0 Å². The smallest absolute Gasteiger partial charge is 0.230 e. The average Bonchev–Trinajstić information content (AvgIpc) is 3.06. The monoisotopic (exact) mass is 351 g/mol. The van der Waals surface area contributed by atoms with E-state index in [-0.39, 0.29) is 12.0 Å². The summed E-state index contributed by atoms with van der Waals surface area (Å²) in [5.41, 5.74) is 0.854. The van der Waals surface area contributed by atoms with Crippen LogP contribution < -0.4 is 10.1 Å². The third kappa shape index (κ3) is 4.24. The van der Waals surface area contributed by atoms with E-state index in [9.17, 15) is 9.18 Å². The predicted molar refractivity (Wildman–Crippen MR) is 87.5 cm³/mol. The van der Waals surface area contributed by atoms with Gasteiger partial charge in [-0.05, 0) is 13.3 Å². The molecule has 1 fully saturated rings. The molecule has 1 saturated heterocycles. The number of nitrogens with one attached hydrogen (secondary N) is 1. The van der Waals surface area contributed by atoms with Crippen LogP contribution in [0, 0.1) is 12.9 Å². The number of hydrogen-bond acceptors (Lipinski definition) is 7. The highest BCUT2D eigenvalue weighted by atomic mass is 32.1. The molecule has 9 heteroatoms. The molecule has 1 N–H and O–H groups in total. The maximum atomic E-state index is 13.9. The molecule has 3 rings (SSSR count). The van der Waals surface area contributed by atoms with Crippen LogP contribution in [0.1, 0.15) is 23.9 Å². The van der Waals surface area contributed by atoms with Crippen molar-refractivity contribution in [3.63, 3.8) is 0 Å². The lowest BCUT2D eigenvalue weighted by Gasteiger charge is -2.15. The molecule has 0 unspecified atom stereocenters. The first kappa shape index (κ1) is 16.7. The minimum absolute atomic E-state index is 0.0186. The highest BCUT2D eigenvalue weighted by molar-refractivity contribution is 7.15. The molecule has 2 aromatic rings. The van der Waals surface area contributed by atoms with Gasteiger partial charge >= 0.3 is 0 Å². The largest absolute Gasteiger partial charge is 0.473 e. The highest BCUT2D eigenvalue weighted by Crippen LogP contribution is 2.25. The fourth-order valence-electron chi connectivity index (χ4n) is 2.54. The highest BCUT2D eigenvalue weighted by Gasteiger charge is 2.26. The number of carbonyl (C=O) groups excluding carboxylic acids is 1. The zero-order valence-corrected chi connectivity index (χ0v) is 14.3. The molecule has 7 nitrogen and oxygen atoms in total. The van der Waals surface area contributed by atoms with E-state index >= 15 is 0 Å². The van der Waals surface area contributed by atoms with E-state index in [1.807, 2.05) is 6.92 Å². The van der Waals surface area contributed by atoms with Crippen molar-refractivity contribution in [3.05, 3.63) is 28.9 Å². The Bertz CT molecular complexity index is 738. The topological polar surface area (TPSA) is 80.2 Å². The lowest BCUT2D eigenvalue weighted by atomic mass is 10.3. The molecular weight excluding hydrogens is 333 g/mol. The van der Waals surface area contributed by atoms with Gasteiger partial charge in [-0.1, -0.05) is 11.3 Å². The van der Waals surface area contributed by atoms with Gasteiger partial charge in [-0.2, -0.15) is 9.37 Å². The number of halogens is 1. The second-order valence-corrected chi connectivity index (χ2v) is 6.76. The number of amides is 1. The van der Waals surface area contributed by atoms with Crippen LogP contribution in [0.15, 0.2) is 12.4 Å². The van der Waals surface area contributed by atoms with E-state index in [0.717, 1.165) is 30.0 Å². The van der Waals surface area contributed by atoms with Crippen molar-refractivity contribution in [2.75, 3.05) is 18.4 Å². The van der Waals surface area contributed by atoms with Gasteiger partial charge in [0, 0.05) is 38.3 Å². The van der Waals surface area contributed by atoms with Gasteiger partial charge < -0.3 is 10.1 Å². The normalized spacial score (nSPS) is 17.9. The van der Waals surface area contributed by atoms with Crippen LogP contribution in [0.5, 0.6) is 5.88 Å². The molecule has 3 heterocycles. The van der Waals surface area contributed by atoms with Gasteiger partial charge in [0.1, 0.15) is 12.4 Å². The van der Waals surface area contributed by atoms with Crippen LogP contribution in [0.3, 0.4) is 0 Å². The van der Waals surface area contributed by atoms with Crippen LogP contribution in [0.4, 0.5) is 9.52 Å². The van der Waals surface area contributed by atoms with E-state index in [1.165, 1.54) is 13.3 Å². The molecule has 24 heavy (non-hydrogen) atoms. The summed E-state index contributed by atoms with van der Waals surface area (Å²) in [5, 5.41) is 2.80. The lowest BCUT2D eigenvalue weighted by Crippen LogP contribution is -2.24. The summed E-state index contributed by atoms with van der Waals surface area (Å²) in [6, 6.07) is 1.80. The van der Waals surface area contributed by atoms with E-state index in [2.05, 4.69) is 25.2 Å². The molecule has 0 spiro atoms. The van der Waals surface area contributed by atoms with Crippen LogP contribution in [-0.2, 0) is 11.3 Å². The SMILES string of the molecule is CC(=O)Nc1nc(F)c(CN2CC[C@@H](Oc3cc(C)ncn3)C2)s1. The molecule has 0 bridgehead atoms. The fourth-order valence-corrected chi connectivity index (χ4v) is 3.47. The number of ether oxygens (including phenoxy) is 1.